The number of likely N-dealkylation sites (N-methyl/N-ethyl adjacent to an activating group) is 1. The van der Waals surface area contributed by atoms with Crippen molar-refractivity contribution in [1.29, 1.82) is 0 Å². The van der Waals surface area contributed by atoms with Crippen LogP contribution in [0, 0.1) is 0 Å². The minimum absolute atomic E-state index is 0.184. The Balaban J connectivity index is 0.797. The molecule has 1 amide bonds. The Bertz CT molecular complexity index is 2250. The highest BCUT2D eigenvalue weighted by Gasteiger charge is 2.71. The summed E-state index contributed by atoms with van der Waals surface area (Å²) < 4.78 is 18.7. The molecule has 6 heterocycles. The maximum Gasteiger partial charge on any atom is 0.349 e. The van der Waals surface area contributed by atoms with Crippen LogP contribution >= 0.6 is 22.7 Å². The molecule has 3 aliphatic rings. The number of rotatable bonds is 15. The first kappa shape index (κ1) is 38.3. The van der Waals surface area contributed by atoms with E-state index in [9.17, 15) is 29.7 Å². The van der Waals surface area contributed by atoms with Gasteiger partial charge in [0.1, 0.15) is 36.1 Å². The summed E-state index contributed by atoms with van der Waals surface area (Å²) in [7, 11) is 4.42. The molecule has 2 bridgehead atoms. The van der Waals surface area contributed by atoms with E-state index in [1.165, 1.54) is 23.5 Å². The molecule has 7 atom stereocenters. The van der Waals surface area contributed by atoms with Gasteiger partial charge in [0.05, 0.1) is 42.1 Å². The van der Waals surface area contributed by atoms with Crippen molar-refractivity contribution in [3.63, 3.8) is 0 Å². The van der Waals surface area contributed by atoms with E-state index in [4.69, 9.17) is 14.2 Å². The fourth-order valence-electron chi connectivity index (χ4n) is 8.25. The summed E-state index contributed by atoms with van der Waals surface area (Å²) >= 11 is 2.41. The van der Waals surface area contributed by atoms with Crippen LogP contribution in [0.5, 0.6) is 11.5 Å². The van der Waals surface area contributed by atoms with Crippen molar-refractivity contribution in [2.75, 3.05) is 33.8 Å². The fraction of sp³-hybridized carbons (Fsp3) is 0.390. The molecule has 13 nitrogen and oxygen atoms in total. The van der Waals surface area contributed by atoms with Crippen LogP contribution < -0.4 is 26.0 Å². The number of aromatic amines is 1. The number of quaternary nitrogens is 1. The largest absolute Gasteiger partial charge is 0.871 e. The molecule has 3 saturated heterocycles. The minimum atomic E-state index is -2.03. The monoisotopic (exact) mass is 800 g/mol. The van der Waals surface area contributed by atoms with E-state index >= 15 is 0 Å². The number of nitrogens with zero attached hydrogens (tertiary/aromatic N) is 1. The zero-order chi connectivity index (χ0) is 39.2. The highest BCUT2D eigenvalue weighted by atomic mass is 32.1. The highest BCUT2D eigenvalue weighted by molar-refractivity contribution is 7.12. The molecule has 5 N–H and O–H groups in total. The Morgan fingerprint density at radius 2 is 1.82 bits per heavy atom. The predicted octanol–water partition coefficient (Wildman–Crippen LogP) is 3.28. The number of carbonyl (C=O) groups excluding carboxylic acids is 2. The van der Waals surface area contributed by atoms with E-state index in [1.807, 2.05) is 24.3 Å². The number of esters is 1. The van der Waals surface area contributed by atoms with Crippen LogP contribution in [0.3, 0.4) is 0 Å². The third-order valence-electron chi connectivity index (χ3n) is 11.4. The molecule has 0 radical (unpaired) electrons. The number of aliphatic hydroxyl groups excluding tert-OH is 1. The van der Waals surface area contributed by atoms with E-state index in [-0.39, 0.29) is 66.2 Å². The molecule has 0 spiro atoms. The summed E-state index contributed by atoms with van der Waals surface area (Å²) in [6.45, 7) is 1.55. The second-order valence-electron chi connectivity index (χ2n) is 15.2. The standard InChI is InChI=1S/C41H44N4O9S2/c1-45(2)29-18-26(19-30(45)38-37(29)54-38)53-40(50)41(51,33-5-3-16-55-33)34-17-24(22-56-34)39(49)43-20-23-6-8-25(9-7-23)52-15-4-14-42-21-32(47)27-10-12-31(46)36-28(27)11-13-35(48)44-36/h3,5-13,16-17,22,26,29-30,32,37-38,42,47,51H,4,14-15,18-21H2,1-2H3,(H2-,43,44,46,48,49)/t26?,29-,30+,32-,37-,38+,41?/m0/s1. The SMILES string of the molecule is C[N+]1(C)[C@@H]2CC(OC(=O)C(O)(c3cccs3)c3cc(C(=O)NCc4ccc(OCCCNC[C@H](O)c5ccc([O-])c6[nH]c(=O)ccc56)cc4)cs3)C[C@H]1[C@@H]1O[C@@H]12. The van der Waals surface area contributed by atoms with Gasteiger partial charge in [0, 0.05) is 48.3 Å². The summed E-state index contributed by atoms with van der Waals surface area (Å²) in [5.41, 5.74) is -0.455. The number of H-pyrrole nitrogens is 1. The van der Waals surface area contributed by atoms with Gasteiger partial charge in [-0.25, -0.2) is 4.79 Å². The Morgan fingerprint density at radius 1 is 1.05 bits per heavy atom. The first-order valence-electron chi connectivity index (χ1n) is 18.7. The van der Waals surface area contributed by atoms with Gasteiger partial charge in [-0.05, 0) is 59.8 Å². The van der Waals surface area contributed by atoms with Gasteiger partial charge in [0.2, 0.25) is 11.2 Å². The van der Waals surface area contributed by atoms with Crippen molar-refractivity contribution < 1.29 is 43.6 Å². The molecule has 2 unspecified atom stereocenters. The molecule has 3 fully saturated rings. The van der Waals surface area contributed by atoms with Crippen molar-refractivity contribution in [1.82, 2.24) is 15.6 Å². The third-order valence-corrected chi connectivity index (χ3v) is 13.5. The lowest BCUT2D eigenvalue weighted by Crippen LogP contribution is -2.60. The number of pyridine rings is 1. The van der Waals surface area contributed by atoms with Crippen LogP contribution in [0.25, 0.3) is 10.9 Å². The second kappa shape index (κ2) is 15.4. The number of morpholine rings is 1. The first-order chi connectivity index (χ1) is 26.9. The van der Waals surface area contributed by atoms with Crippen molar-refractivity contribution in [3.05, 3.63) is 114 Å². The van der Waals surface area contributed by atoms with Crippen molar-refractivity contribution in [2.45, 2.75) is 67.9 Å². The van der Waals surface area contributed by atoms with E-state index in [0.717, 1.165) is 21.4 Å². The second-order valence-corrected chi connectivity index (χ2v) is 17.1. The molecular weight excluding hydrogens is 757 g/mol. The molecule has 3 aromatic heterocycles. The molecule has 15 heteroatoms. The van der Waals surface area contributed by atoms with Gasteiger partial charge in [0.15, 0.2) is 0 Å². The molecule has 3 aliphatic heterocycles. The highest BCUT2D eigenvalue weighted by Crippen LogP contribution is 2.52. The average molecular weight is 801 g/mol. The van der Waals surface area contributed by atoms with Crippen LogP contribution in [0.1, 0.15) is 56.6 Å². The predicted molar refractivity (Wildman–Crippen MR) is 209 cm³/mol. The van der Waals surface area contributed by atoms with E-state index in [1.54, 1.807) is 41.1 Å². The first-order valence-corrected chi connectivity index (χ1v) is 20.5. The molecule has 0 aliphatic carbocycles. The lowest BCUT2D eigenvalue weighted by molar-refractivity contribution is -0.938. The number of hydrogen-bond donors (Lipinski definition) is 5. The van der Waals surface area contributed by atoms with Crippen LogP contribution in [0.4, 0.5) is 0 Å². The smallest absolute Gasteiger partial charge is 0.349 e. The van der Waals surface area contributed by atoms with Gasteiger partial charge in [-0.1, -0.05) is 36.1 Å². The number of thiophene rings is 2. The van der Waals surface area contributed by atoms with Crippen molar-refractivity contribution >= 4 is 45.5 Å². The molecule has 0 saturated carbocycles. The molecule has 8 rings (SSSR count). The lowest BCUT2D eigenvalue weighted by atomic mass is 9.95. The van der Waals surface area contributed by atoms with Crippen LogP contribution in [0.15, 0.2) is 82.3 Å². The number of piperidine rings is 1. The zero-order valence-electron chi connectivity index (χ0n) is 30.9. The Hall–Kier alpha value is -4.61. The maximum atomic E-state index is 13.8. The van der Waals surface area contributed by atoms with Crippen molar-refractivity contribution in [2.24, 2.45) is 0 Å². The molecule has 294 valence electrons. The average Bonchev–Trinajstić information content (AvgIpc) is 3.46. The number of benzene rings is 2. The summed E-state index contributed by atoms with van der Waals surface area (Å²) in [4.78, 5) is 42.0. The van der Waals surface area contributed by atoms with Gasteiger partial charge in [-0.3, -0.25) is 9.59 Å². The summed E-state index contributed by atoms with van der Waals surface area (Å²) in [5.74, 6) is -0.687. The van der Waals surface area contributed by atoms with E-state index in [2.05, 4.69) is 29.7 Å². The quantitative estimate of drug-likeness (QED) is 0.0456. The zero-order valence-corrected chi connectivity index (χ0v) is 32.6. The lowest BCUT2D eigenvalue weighted by Gasteiger charge is -2.45. The number of ether oxygens (including phenoxy) is 3. The molecule has 56 heavy (non-hydrogen) atoms. The normalized spacial score (nSPS) is 23.5. The van der Waals surface area contributed by atoms with E-state index in [0.29, 0.717) is 64.4 Å². The molecule has 2 aromatic carbocycles. The number of amides is 1. The van der Waals surface area contributed by atoms with E-state index < -0.39 is 17.7 Å². The number of nitrogens with one attached hydrogen (secondary N) is 3. The number of aliphatic hydroxyl groups is 2. The molecule has 5 aromatic rings. The minimum Gasteiger partial charge on any atom is -0.871 e. The van der Waals surface area contributed by atoms with Gasteiger partial charge < -0.3 is 49.6 Å². The van der Waals surface area contributed by atoms with Crippen LogP contribution in [0.2, 0.25) is 0 Å². The summed E-state index contributed by atoms with van der Waals surface area (Å²) in [6.07, 6.45) is 1.27. The van der Waals surface area contributed by atoms with Gasteiger partial charge in [-0.15, -0.1) is 22.7 Å². The van der Waals surface area contributed by atoms with Crippen LogP contribution in [-0.2, 0) is 26.4 Å². The summed E-state index contributed by atoms with van der Waals surface area (Å²) in [5, 5.41) is 45.0. The summed E-state index contributed by atoms with van der Waals surface area (Å²) in [6, 6.07) is 18.8. The number of aromatic nitrogens is 1. The Kier molecular flexibility index (Phi) is 10.5. The topological polar surface area (TPSA) is 186 Å². The Morgan fingerprint density at radius 3 is 2.55 bits per heavy atom. The number of epoxide rings is 1. The van der Waals surface area contributed by atoms with Gasteiger partial charge in [-0.2, -0.15) is 0 Å². The van der Waals surface area contributed by atoms with Crippen molar-refractivity contribution in [3.8, 4) is 11.5 Å². The number of hydrogen-bond acceptors (Lipinski definition) is 12. The fourth-order valence-corrected chi connectivity index (χ4v) is 10.1. The molecular formula is C41H44N4O9S2. The number of carbonyl (C=O) groups is 2. The number of fused-ring (bicyclic) bond motifs is 6. The Labute approximate surface area is 331 Å². The van der Waals surface area contributed by atoms with Gasteiger partial charge in [0.25, 0.3) is 5.91 Å². The van der Waals surface area contributed by atoms with Crippen LogP contribution in [-0.4, -0.2) is 95.7 Å². The van der Waals surface area contributed by atoms with Gasteiger partial charge >= 0.3 is 5.97 Å². The maximum absolute atomic E-state index is 13.8. The third kappa shape index (κ3) is 7.36.